The number of nitrogen functional groups attached to an aromatic ring is 1. The van der Waals surface area contributed by atoms with Crippen LogP contribution in [0.3, 0.4) is 0 Å². The van der Waals surface area contributed by atoms with Crippen molar-refractivity contribution in [3.63, 3.8) is 0 Å². The summed E-state index contributed by atoms with van der Waals surface area (Å²) >= 11 is 0.531. The third kappa shape index (κ3) is 3.36. The van der Waals surface area contributed by atoms with Crippen molar-refractivity contribution in [3.05, 3.63) is 28.8 Å². The van der Waals surface area contributed by atoms with Crippen molar-refractivity contribution in [2.75, 3.05) is 5.73 Å². The van der Waals surface area contributed by atoms with Crippen LogP contribution >= 0.6 is 22.8 Å². The number of anilines is 1. The van der Waals surface area contributed by atoms with Gasteiger partial charge in [0.15, 0.2) is 0 Å². The molecule has 6 heteroatoms. The van der Waals surface area contributed by atoms with Crippen LogP contribution in [0.2, 0.25) is 5.02 Å². The van der Waals surface area contributed by atoms with Crippen molar-refractivity contribution in [2.45, 2.75) is 5.75 Å². The predicted octanol–water partition coefficient (Wildman–Crippen LogP) is 3.88. The monoisotopic (exact) mass is 229 g/mol. The molecule has 0 heterocycles. The second-order valence-corrected chi connectivity index (χ2v) is 4.20. The van der Waals surface area contributed by atoms with Gasteiger partial charge in [0.25, 0.3) is 0 Å². The minimum Gasteiger partial charge on any atom is -0.399 e. The molecule has 2 N–H and O–H groups in total. The molecule has 0 aliphatic carbocycles. The maximum atomic E-state index is 12.0. The SMILES string of the molecule is Nc1ccc(CS(F)(F)F)c(Cl)c1. The van der Waals surface area contributed by atoms with Gasteiger partial charge in [-0.1, -0.05) is 17.7 Å². The molecule has 1 aromatic rings. The van der Waals surface area contributed by atoms with E-state index in [4.69, 9.17) is 17.3 Å². The highest BCUT2D eigenvalue weighted by Crippen LogP contribution is 2.56. The zero-order valence-electron chi connectivity index (χ0n) is 6.44. The Morgan fingerprint density at radius 3 is 2.38 bits per heavy atom. The molecule has 0 aromatic heterocycles. The van der Waals surface area contributed by atoms with Gasteiger partial charge in [-0.05, 0) is 17.7 Å². The molecule has 0 fully saturated rings. The fourth-order valence-electron chi connectivity index (χ4n) is 0.857. The fraction of sp³-hybridized carbons (Fsp3) is 0.143. The largest absolute Gasteiger partial charge is 0.399 e. The Morgan fingerprint density at radius 2 is 1.92 bits per heavy atom. The summed E-state index contributed by atoms with van der Waals surface area (Å²) in [7, 11) is 0. The van der Waals surface area contributed by atoms with Crippen LogP contribution in [0.15, 0.2) is 18.2 Å². The minimum atomic E-state index is -5.04. The zero-order chi connectivity index (χ0) is 10.1. The first-order valence-electron chi connectivity index (χ1n) is 3.32. The van der Waals surface area contributed by atoms with E-state index in [-0.39, 0.29) is 10.6 Å². The lowest BCUT2D eigenvalue weighted by molar-refractivity contribution is 0.631. The van der Waals surface area contributed by atoms with Crippen molar-refractivity contribution in [1.29, 1.82) is 0 Å². The van der Waals surface area contributed by atoms with Gasteiger partial charge in [0.2, 0.25) is 11.2 Å². The van der Waals surface area contributed by atoms with Gasteiger partial charge in [0.05, 0.1) is 5.75 Å². The van der Waals surface area contributed by atoms with Gasteiger partial charge in [0, 0.05) is 10.7 Å². The lowest BCUT2D eigenvalue weighted by Crippen LogP contribution is -1.90. The van der Waals surface area contributed by atoms with Crippen LogP contribution in [0, 0.1) is 0 Å². The van der Waals surface area contributed by atoms with Crippen LogP contribution in [-0.2, 0) is 5.75 Å². The Labute approximate surface area is 80.9 Å². The molecule has 0 aliphatic rings. The summed E-state index contributed by atoms with van der Waals surface area (Å²) in [6.07, 6.45) is 0. The molecule has 0 saturated carbocycles. The molecule has 0 unspecified atom stereocenters. The molecular formula is C7H7ClF3NS. The Bertz CT molecular complexity index is 313. The van der Waals surface area contributed by atoms with Crippen LogP contribution in [0.4, 0.5) is 17.3 Å². The first-order chi connectivity index (χ1) is 5.88. The van der Waals surface area contributed by atoms with E-state index in [9.17, 15) is 11.7 Å². The fourth-order valence-corrected chi connectivity index (χ4v) is 1.80. The third-order valence-corrected chi connectivity index (χ3v) is 2.39. The smallest absolute Gasteiger partial charge is 0.213 e. The lowest BCUT2D eigenvalue weighted by Gasteiger charge is -2.10. The zero-order valence-corrected chi connectivity index (χ0v) is 8.01. The number of nitrogens with two attached hydrogens (primary N) is 1. The molecule has 74 valence electrons. The summed E-state index contributed by atoms with van der Waals surface area (Å²) < 4.78 is 36.0. The van der Waals surface area contributed by atoms with E-state index >= 15 is 0 Å². The lowest BCUT2D eigenvalue weighted by atomic mass is 10.2. The van der Waals surface area contributed by atoms with Crippen molar-refractivity contribution in [3.8, 4) is 0 Å². The molecule has 1 rings (SSSR count). The molecule has 0 aliphatic heterocycles. The topological polar surface area (TPSA) is 26.0 Å². The highest BCUT2D eigenvalue weighted by Gasteiger charge is 2.22. The Morgan fingerprint density at radius 1 is 1.31 bits per heavy atom. The number of hydrogen-bond donors (Lipinski definition) is 1. The maximum Gasteiger partial charge on any atom is 0.213 e. The van der Waals surface area contributed by atoms with Gasteiger partial charge in [-0.3, -0.25) is 0 Å². The van der Waals surface area contributed by atoms with Crippen LogP contribution in [0.1, 0.15) is 5.56 Å². The summed E-state index contributed by atoms with van der Waals surface area (Å²) in [4.78, 5) is 0. The Hall–Kier alpha value is -0.550. The maximum absolute atomic E-state index is 12.0. The summed E-state index contributed by atoms with van der Waals surface area (Å²) in [6, 6.07) is 4.03. The molecule has 0 saturated heterocycles. The van der Waals surface area contributed by atoms with Gasteiger partial charge in [0.1, 0.15) is 0 Å². The number of halogens is 4. The van der Waals surface area contributed by atoms with Gasteiger partial charge < -0.3 is 5.73 Å². The standard InChI is InChI=1S/C7H7ClF3NS/c8-7-3-6(12)2-1-5(7)4-13(9,10)11/h1-3H,4,12H2. The molecule has 0 spiro atoms. The van der Waals surface area contributed by atoms with E-state index in [1.54, 1.807) is 0 Å². The number of benzene rings is 1. The van der Waals surface area contributed by atoms with E-state index in [1.165, 1.54) is 18.2 Å². The van der Waals surface area contributed by atoms with Crippen LogP contribution in [-0.4, -0.2) is 0 Å². The van der Waals surface area contributed by atoms with Crippen molar-refractivity contribution >= 4 is 28.5 Å². The number of hydrogen-bond acceptors (Lipinski definition) is 1. The van der Waals surface area contributed by atoms with Crippen LogP contribution < -0.4 is 5.73 Å². The van der Waals surface area contributed by atoms with E-state index in [1.807, 2.05) is 0 Å². The van der Waals surface area contributed by atoms with Crippen molar-refractivity contribution in [1.82, 2.24) is 0 Å². The van der Waals surface area contributed by atoms with Gasteiger partial charge in [-0.25, -0.2) is 0 Å². The molecular weight excluding hydrogens is 223 g/mol. The van der Waals surface area contributed by atoms with E-state index in [0.29, 0.717) is 5.69 Å². The van der Waals surface area contributed by atoms with E-state index in [0.717, 1.165) is 0 Å². The minimum absolute atomic E-state index is 0.0739. The quantitative estimate of drug-likeness (QED) is 0.766. The second-order valence-electron chi connectivity index (χ2n) is 2.50. The molecule has 1 aromatic carbocycles. The normalized spacial score (nSPS) is 12.9. The van der Waals surface area contributed by atoms with Gasteiger partial charge in [-0.2, -0.15) is 0 Å². The second kappa shape index (κ2) is 3.67. The molecule has 0 radical (unpaired) electrons. The first-order valence-corrected chi connectivity index (χ1v) is 5.20. The molecule has 0 amide bonds. The van der Waals surface area contributed by atoms with Crippen LogP contribution in [0.5, 0.6) is 0 Å². The number of rotatable bonds is 2. The van der Waals surface area contributed by atoms with Crippen molar-refractivity contribution < 1.29 is 11.7 Å². The summed E-state index contributed by atoms with van der Waals surface area (Å²) in [5.74, 6) is -0.938. The summed E-state index contributed by atoms with van der Waals surface area (Å²) in [5, 5.41) is 0.0739. The van der Waals surface area contributed by atoms with E-state index < -0.39 is 16.9 Å². The first kappa shape index (κ1) is 10.5. The summed E-state index contributed by atoms with van der Waals surface area (Å²) in [6.45, 7) is 0. The highest BCUT2D eigenvalue weighted by molar-refractivity contribution is 8.20. The molecule has 0 bridgehead atoms. The van der Waals surface area contributed by atoms with Gasteiger partial charge in [-0.15, -0.1) is 11.7 Å². The third-order valence-electron chi connectivity index (χ3n) is 1.40. The molecule has 0 atom stereocenters. The predicted molar refractivity (Wildman–Crippen MR) is 50.5 cm³/mol. The molecule has 13 heavy (non-hydrogen) atoms. The molecule has 1 nitrogen and oxygen atoms in total. The Kier molecular flexibility index (Phi) is 2.98. The van der Waals surface area contributed by atoms with Gasteiger partial charge >= 0.3 is 0 Å². The highest BCUT2D eigenvalue weighted by atomic mass is 35.5. The summed E-state index contributed by atoms with van der Waals surface area (Å²) in [5.41, 5.74) is 5.78. The van der Waals surface area contributed by atoms with E-state index in [2.05, 4.69) is 0 Å². The average Bonchev–Trinajstić information content (AvgIpc) is 1.93. The Balaban J connectivity index is 2.90. The van der Waals surface area contributed by atoms with Crippen molar-refractivity contribution in [2.24, 2.45) is 0 Å². The average molecular weight is 230 g/mol. The van der Waals surface area contributed by atoms with Crippen LogP contribution in [0.25, 0.3) is 0 Å².